The van der Waals surface area contributed by atoms with E-state index in [-0.39, 0.29) is 5.91 Å². The highest BCUT2D eigenvalue weighted by molar-refractivity contribution is 7.09. The molecule has 22 heavy (non-hydrogen) atoms. The van der Waals surface area contributed by atoms with Gasteiger partial charge >= 0.3 is 0 Å². The lowest BCUT2D eigenvalue weighted by Crippen LogP contribution is -2.36. The minimum Gasteiger partial charge on any atom is -0.347 e. The zero-order chi connectivity index (χ0) is 15.8. The summed E-state index contributed by atoms with van der Waals surface area (Å²) in [6, 6.07) is 4.19. The Morgan fingerprint density at radius 2 is 2.23 bits per heavy atom. The van der Waals surface area contributed by atoms with E-state index in [0.717, 1.165) is 31.6 Å². The van der Waals surface area contributed by atoms with Crippen LogP contribution >= 0.6 is 11.3 Å². The Morgan fingerprint density at radius 1 is 1.36 bits per heavy atom. The average Bonchev–Trinajstić information content (AvgIpc) is 3.16. The first-order valence-corrected chi connectivity index (χ1v) is 8.45. The summed E-state index contributed by atoms with van der Waals surface area (Å²) in [6.45, 7) is 2.21. The van der Waals surface area contributed by atoms with Gasteiger partial charge in [0.1, 0.15) is 0 Å². The third kappa shape index (κ3) is 5.61. The number of likely N-dealkylation sites (N-methyl/N-ethyl adjacent to an activating group) is 1. The van der Waals surface area contributed by atoms with E-state index < -0.39 is 0 Å². The number of imidazole rings is 1. The minimum atomic E-state index is 0.216. The van der Waals surface area contributed by atoms with Crippen molar-refractivity contribution in [2.45, 2.75) is 25.8 Å². The van der Waals surface area contributed by atoms with Gasteiger partial charge in [0.25, 0.3) is 0 Å². The topological polar surface area (TPSA) is 52.2 Å². The molecule has 2 rings (SSSR count). The molecule has 0 saturated carbocycles. The third-order valence-corrected chi connectivity index (χ3v) is 4.42. The molecule has 0 bridgehead atoms. The molecule has 2 aromatic rings. The number of aryl methyl sites for hydroxylation is 1. The van der Waals surface area contributed by atoms with Crippen molar-refractivity contribution in [3.05, 3.63) is 40.6 Å². The van der Waals surface area contributed by atoms with E-state index in [1.807, 2.05) is 19.0 Å². The van der Waals surface area contributed by atoms with Crippen LogP contribution < -0.4 is 0 Å². The first-order valence-electron chi connectivity index (χ1n) is 7.57. The molecular weight excluding hydrogens is 296 g/mol. The number of aromatic nitrogens is 2. The lowest BCUT2D eigenvalue weighted by Gasteiger charge is -2.24. The number of rotatable bonds is 9. The number of carbonyl (C=O) groups is 1. The Morgan fingerprint density at radius 3 is 2.86 bits per heavy atom. The number of H-pyrrole nitrogens is 1. The monoisotopic (exact) mass is 320 g/mol. The highest BCUT2D eigenvalue weighted by Crippen LogP contribution is 2.13. The molecule has 0 aromatic carbocycles. The van der Waals surface area contributed by atoms with E-state index >= 15 is 0 Å². The van der Waals surface area contributed by atoms with E-state index in [4.69, 9.17) is 0 Å². The maximum absolute atomic E-state index is 12.5. The number of nitrogens with one attached hydrogen (secondary N) is 1. The SMILES string of the molecule is CN(C)CCN(Cc1cnc[nH]1)C(=O)CCCc1cccs1. The number of carbonyl (C=O) groups excluding carboxylic acids is 1. The van der Waals surface area contributed by atoms with Crippen LogP contribution in [0.3, 0.4) is 0 Å². The molecule has 5 nitrogen and oxygen atoms in total. The van der Waals surface area contributed by atoms with E-state index in [1.54, 1.807) is 23.9 Å². The predicted octanol–water partition coefficient (Wildman–Crippen LogP) is 2.38. The van der Waals surface area contributed by atoms with Gasteiger partial charge in [-0.05, 0) is 38.4 Å². The Balaban J connectivity index is 1.83. The molecule has 120 valence electrons. The number of nitrogens with zero attached hydrogens (tertiary/aromatic N) is 3. The van der Waals surface area contributed by atoms with E-state index in [0.29, 0.717) is 13.0 Å². The Kier molecular flexibility index (Phi) is 6.61. The molecule has 0 aliphatic heterocycles. The highest BCUT2D eigenvalue weighted by atomic mass is 32.1. The van der Waals surface area contributed by atoms with Crippen LogP contribution in [-0.4, -0.2) is 52.9 Å². The quantitative estimate of drug-likeness (QED) is 0.772. The summed E-state index contributed by atoms with van der Waals surface area (Å²) >= 11 is 1.76. The average molecular weight is 320 g/mol. The van der Waals surface area contributed by atoms with Gasteiger partial charge in [0.05, 0.1) is 18.6 Å². The summed E-state index contributed by atoms with van der Waals surface area (Å²) in [5, 5.41) is 2.08. The Labute approximate surface area is 136 Å². The molecule has 6 heteroatoms. The van der Waals surface area contributed by atoms with Crippen molar-refractivity contribution in [1.82, 2.24) is 19.8 Å². The maximum atomic E-state index is 12.5. The summed E-state index contributed by atoms with van der Waals surface area (Å²) in [5.41, 5.74) is 0.977. The Bertz CT molecular complexity index is 537. The van der Waals surface area contributed by atoms with Crippen LogP contribution in [0, 0.1) is 0 Å². The molecular formula is C16H24N4OS. The van der Waals surface area contributed by atoms with Gasteiger partial charge < -0.3 is 14.8 Å². The normalized spacial score (nSPS) is 11.0. The van der Waals surface area contributed by atoms with Crippen molar-refractivity contribution >= 4 is 17.2 Å². The van der Waals surface area contributed by atoms with Crippen molar-refractivity contribution in [2.24, 2.45) is 0 Å². The number of thiophene rings is 1. The second-order valence-corrected chi connectivity index (χ2v) is 6.66. The molecule has 0 spiro atoms. The van der Waals surface area contributed by atoms with Crippen LogP contribution in [0.15, 0.2) is 30.0 Å². The molecule has 1 N–H and O–H groups in total. The summed E-state index contributed by atoms with van der Waals surface area (Å²) in [7, 11) is 4.05. The molecule has 0 aliphatic rings. The standard InChI is InChI=1S/C16H24N4OS/c1-19(2)8-9-20(12-14-11-17-13-18-14)16(21)7-3-5-15-6-4-10-22-15/h4,6,10-11,13H,3,5,7-9,12H2,1-2H3,(H,17,18). The van der Waals surface area contributed by atoms with Crippen LogP contribution in [0.5, 0.6) is 0 Å². The molecule has 0 saturated heterocycles. The zero-order valence-corrected chi connectivity index (χ0v) is 14.1. The van der Waals surface area contributed by atoms with Crippen molar-refractivity contribution in [3.63, 3.8) is 0 Å². The van der Waals surface area contributed by atoms with Gasteiger partial charge in [-0.3, -0.25) is 4.79 Å². The van der Waals surface area contributed by atoms with Gasteiger partial charge in [-0.25, -0.2) is 4.98 Å². The van der Waals surface area contributed by atoms with E-state index in [2.05, 4.69) is 32.4 Å². The molecule has 0 atom stereocenters. The van der Waals surface area contributed by atoms with Crippen molar-refractivity contribution < 1.29 is 4.79 Å². The van der Waals surface area contributed by atoms with Gasteiger partial charge in [-0.2, -0.15) is 0 Å². The molecule has 0 fully saturated rings. The van der Waals surface area contributed by atoms with Crippen molar-refractivity contribution in [3.8, 4) is 0 Å². The van der Waals surface area contributed by atoms with Gasteiger partial charge in [0.15, 0.2) is 0 Å². The third-order valence-electron chi connectivity index (χ3n) is 3.48. The summed E-state index contributed by atoms with van der Waals surface area (Å²) in [4.78, 5) is 24.9. The summed E-state index contributed by atoms with van der Waals surface area (Å²) in [5.74, 6) is 0.216. The van der Waals surface area contributed by atoms with Gasteiger partial charge in [0.2, 0.25) is 5.91 Å². The van der Waals surface area contributed by atoms with Crippen LogP contribution in [0.4, 0.5) is 0 Å². The summed E-state index contributed by atoms with van der Waals surface area (Å²) in [6.07, 6.45) is 5.91. The second kappa shape index (κ2) is 8.70. The van der Waals surface area contributed by atoms with Crippen LogP contribution in [0.2, 0.25) is 0 Å². The lowest BCUT2D eigenvalue weighted by molar-refractivity contribution is -0.132. The zero-order valence-electron chi connectivity index (χ0n) is 13.3. The van der Waals surface area contributed by atoms with E-state index in [1.165, 1.54) is 4.88 Å². The maximum Gasteiger partial charge on any atom is 0.222 e. The molecule has 0 aliphatic carbocycles. The second-order valence-electron chi connectivity index (χ2n) is 5.63. The van der Waals surface area contributed by atoms with Crippen molar-refractivity contribution in [2.75, 3.05) is 27.2 Å². The lowest BCUT2D eigenvalue weighted by atomic mass is 10.2. The molecule has 1 amide bonds. The molecule has 0 unspecified atom stereocenters. The Hall–Kier alpha value is -1.66. The van der Waals surface area contributed by atoms with Gasteiger partial charge in [0, 0.05) is 30.6 Å². The number of hydrogen-bond donors (Lipinski definition) is 1. The van der Waals surface area contributed by atoms with Gasteiger partial charge in [-0.15, -0.1) is 11.3 Å². The number of amides is 1. The van der Waals surface area contributed by atoms with Crippen LogP contribution in [-0.2, 0) is 17.8 Å². The smallest absolute Gasteiger partial charge is 0.222 e. The van der Waals surface area contributed by atoms with E-state index in [9.17, 15) is 4.79 Å². The largest absolute Gasteiger partial charge is 0.347 e. The van der Waals surface area contributed by atoms with Crippen LogP contribution in [0.25, 0.3) is 0 Å². The predicted molar refractivity (Wildman–Crippen MR) is 89.8 cm³/mol. The van der Waals surface area contributed by atoms with Gasteiger partial charge in [-0.1, -0.05) is 6.07 Å². The first kappa shape index (κ1) is 16.7. The fourth-order valence-electron chi connectivity index (χ4n) is 2.22. The molecule has 0 radical (unpaired) electrons. The fraction of sp³-hybridized carbons (Fsp3) is 0.500. The number of aromatic amines is 1. The van der Waals surface area contributed by atoms with Crippen molar-refractivity contribution in [1.29, 1.82) is 0 Å². The molecule has 2 heterocycles. The fourth-order valence-corrected chi connectivity index (χ4v) is 2.97. The van der Waals surface area contributed by atoms with Crippen LogP contribution in [0.1, 0.15) is 23.4 Å². The molecule has 2 aromatic heterocycles. The minimum absolute atomic E-state index is 0.216. The highest BCUT2D eigenvalue weighted by Gasteiger charge is 2.14. The first-order chi connectivity index (χ1) is 10.6. The summed E-state index contributed by atoms with van der Waals surface area (Å²) < 4.78 is 0. The number of hydrogen-bond acceptors (Lipinski definition) is 4.